The number of aryl methyl sites for hydroxylation is 1. The van der Waals surface area contributed by atoms with E-state index in [0.29, 0.717) is 12.6 Å². The minimum absolute atomic E-state index is 0.138. The highest BCUT2D eigenvalue weighted by molar-refractivity contribution is 5.38. The summed E-state index contributed by atoms with van der Waals surface area (Å²) in [6.07, 6.45) is 1.00. The summed E-state index contributed by atoms with van der Waals surface area (Å²) in [6.45, 7) is 7.37. The van der Waals surface area contributed by atoms with Crippen LogP contribution in [0.4, 0.5) is 0 Å². The van der Waals surface area contributed by atoms with Crippen molar-refractivity contribution in [3.05, 3.63) is 29.3 Å². The van der Waals surface area contributed by atoms with Crippen LogP contribution in [0.5, 0.6) is 5.75 Å². The molecule has 0 saturated heterocycles. The lowest BCUT2D eigenvalue weighted by atomic mass is 9.77. The van der Waals surface area contributed by atoms with Crippen molar-refractivity contribution in [3.8, 4) is 5.75 Å². The molecular formula is C16H28N2O. The van der Waals surface area contributed by atoms with Crippen LogP contribution in [0.1, 0.15) is 37.4 Å². The van der Waals surface area contributed by atoms with E-state index in [9.17, 15) is 0 Å². The molecule has 0 spiro atoms. The first kappa shape index (κ1) is 16.0. The van der Waals surface area contributed by atoms with Gasteiger partial charge in [-0.2, -0.15) is 0 Å². The highest BCUT2D eigenvalue weighted by atomic mass is 16.5. The quantitative estimate of drug-likeness (QED) is 0.858. The molecule has 1 rings (SSSR count). The maximum Gasteiger partial charge on any atom is 0.121 e. The average Bonchev–Trinajstić information content (AvgIpc) is 2.28. The van der Waals surface area contributed by atoms with E-state index < -0.39 is 0 Å². The highest BCUT2D eigenvalue weighted by Gasteiger charge is 2.32. The van der Waals surface area contributed by atoms with Crippen molar-refractivity contribution in [1.29, 1.82) is 0 Å². The monoisotopic (exact) mass is 264 g/mol. The summed E-state index contributed by atoms with van der Waals surface area (Å²) >= 11 is 0. The van der Waals surface area contributed by atoms with Crippen LogP contribution in [0.25, 0.3) is 0 Å². The van der Waals surface area contributed by atoms with Crippen LogP contribution in [0, 0.1) is 12.3 Å². The summed E-state index contributed by atoms with van der Waals surface area (Å²) in [7, 11) is 5.97. The molecule has 19 heavy (non-hydrogen) atoms. The maximum absolute atomic E-state index is 5.77. The van der Waals surface area contributed by atoms with Crippen LogP contribution >= 0.6 is 0 Å². The van der Waals surface area contributed by atoms with Crippen LogP contribution in [-0.4, -0.2) is 32.6 Å². The van der Waals surface area contributed by atoms with Crippen molar-refractivity contribution in [2.45, 2.75) is 33.2 Å². The van der Waals surface area contributed by atoms with E-state index in [1.165, 1.54) is 11.1 Å². The number of methoxy groups -OCH3 is 1. The molecule has 0 bridgehead atoms. The second-order valence-corrected chi connectivity index (χ2v) is 6.12. The largest absolute Gasteiger partial charge is 0.496 e. The summed E-state index contributed by atoms with van der Waals surface area (Å²) in [4.78, 5) is 2.27. The van der Waals surface area contributed by atoms with Crippen molar-refractivity contribution in [2.75, 3.05) is 27.7 Å². The van der Waals surface area contributed by atoms with Gasteiger partial charge in [0.15, 0.2) is 0 Å². The summed E-state index contributed by atoms with van der Waals surface area (Å²) < 4.78 is 5.34. The molecule has 2 N–H and O–H groups in total. The average molecular weight is 264 g/mol. The van der Waals surface area contributed by atoms with Gasteiger partial charge in [0.2, 0.25) is 0 Å². The number of nitrogens with zero attached hydrogens (tertiary/aromatic N) is 1. The summed E-state index contributed by atoms with van der Waals surface area (Å²) in [5.74, 6) is 0.942. The van der Waals surface area contributed by atoms with E-state index in [1.807, 2.05) is 0 Å². The SMILES string of the molecule is COc1ccc(C(N(C)C)C(C)(C)CCN)cc1C. The maximum atomic E-state index is 5.77. The van der Waals surface area contributed by atoms with Crippen molar-refractivity contribution >= 4 is 0 Å². The summed E-state index contributed by atoms with van der Waals surface area (Å²) in [5, 5.41) is 0. The number of ether oxygens (including phenoxy) is 1. The molecule has 1 unspecified atom stereocenters. The van der Waals surface area contributed by atoms with E-state index in [2.05, 4.69) is 58.0 Å². The van der Waals surface area contributed by atoms with Gasteiger partial charge in [0.1, 0.15) is 5.75 Å². The van der Waals surface area contributed by atoms with Gasteiger partial charge >= 0.3 is 0 Å². The predicted octanol–water partition coefficient (Wildman–Crippen LogP) is 2.98. The fraction of sp³-hybridized carbons (Fsp3) is 0.625. The summed E-state index contributed by atoms with van der Waals surface area (Å²) in [5.41, 5.74) is 8.40. The molecule has 1 aromatic rings. The van der Waals surface area contributed by atoms with Gasteiger partial charge in [0, 0.05) is 6.04 Å². The first-order chi connectivity index (χ1) is 8.83. The Morgan fingerprint density at radius 1 is 1.32 bits per heavy atom. The molecule has 0 heterocycles. The molecule has 0 radical (unpaired) electrons. The lowest BCUT2D eigenvalue weighted by Crippen LogP contribution is -2.35. The topological polar surface area (TPSA) is 38.5 Å². The zero-order valence-electron chi connectivity index (χ0n) is 13.2. The normalized spacial score (nSPS) is 13.7. The van der Waals surface area contributed by atoms with E-state index in [0.717, 1.165) is 12.2 Å². The van der Waals surface area contributed by atoms with Crippen molar-refractivity contribution < 1.29 is 4.74 Å². The molecule has 0 saturated carbocycles. The Kier molecular flexibility index (Phi) is 5.39. The lowest BCUT2D eigenvalue weighted by molar-refractivity contribution is 0.128. The van der Waals surface area contributed by atoms with Crippen LogP contribution in [0.3, 0.4) is 0 Å². The zero-order chi connectivity index (χ0) is 14.6. The van der Waals surface area contributed by atoms with Gasteiger partial charge in [-0.1, -0.05) is 26.0 Å². The third kappa shape index (κ3) is 3.71. The van der Waals surface area contributed by atoms with Gasteiger partial charge in [-0.25, -0.2) is 0 Å². The number of rotatable bonds is 6. The van der Waals surface area contributed by atoms with Gasteiger partial charge in [-0.3, -0.25) is 0 Å². The number of hydrogen-bond donors (Lipinski definition) is 1. The van der Waals surface area contributed by atoms with Crippen molar-refractivity contribution in [1.82, 2.24) is 4.90 Å². The molecular weight excluding hydrogens is 236 g/mol. The molecule has 108 valence electrons. The molecule has 1 aromatic carbocycles. The van der Waals surface area contributed by atoms with Crippen LogP contribution in [0.15, 0.2) is 18.2 Å². The van der Waals surface area contributed by atoms with Crippen molar-refractivity contribution in [2.24, 2.45) is 11.1 Å². The van der Waals surface area contributed by atoms with Crippen LogP contribution in [-0.2, 0) is 0 Å². The predicted molar refractivity (Wildman–Crippen MR) is 81.6 cm³/mol. The van der Waals surface area contributed by atoms with E-state index in [1.54, 1.807) is 7.11 Å². The molecule has 0 aliphatic carbocycles. The first-order valence-electron chi connectivity index (χ1n) is 6.84. The zero-order valence-corrected chi connectivity index (χ0v) is 13.2. The molecule has 3 heteroatoms. The molecule has 0 aliphatic heterocycles. The Bertz CT molecular complexity index is 413. The Labute approximate surface area is 117 Å². The van der Waals surface area contributed by atoms with E-state index in [4.69, 9.17) is 10.5 Å². The number of benzene rings is 1. The lowest BCUT2D eigenvalue weighted by Gasteiger charge is -2.39. The molecule has 0 aromatic heterocycles. The third-order valence-electron chi connectivity index (χ3n) is 3.78. The standard InChI is InChI=1S/C16H28N2O/c1-12-11-13(7-8-14(12)19-6)15(18(4)5)16(2,3)9-10-17/h7-8,11,15H,9-10,17H2,1-6H3. The Morgan fingerprint density at radius 2 is 1.95 bits per heavy atom. The third-order valence-corrected chi connectivity index (χ3v) is 3.78. The minimum atomic E-state index is 0.138. The smallest absolute Gasteiger partial charge is 0.121 e. The Hall–Kier alpha value is -1.06. The van der Waals surface area contributed by atoms with Crippen LogP contribution < -0.4 is 10.5 Å². The second-order valence-electron chi connectivity index (χ2n) is 6.12. The number of hydrogen-bond acceptors (Lipinski definition) is 3. The van der Waals surface area contributed by atoms with Crippen molar-refractivity contribution in [3.63, 3.8) is 0 Å². The van der Waals surface area contributed by atoms with Crippen LogP contribution in [0.2, 0.25) is 0 Å². The van der Waals surface area contributed by atoms with Gasteiger partial charge in [-0.15, -0.1) is 0 Å². The number of nitrogens with two attached hydrogens (primary N) is 1. The van der Waals surface area contributed by atoms with Gasteiger partial charge < -0.3 is 15.4 Å². The molecule has 0 aliphatic rings. The van der Waals surface area contributed by atoms with Gasteiger partial charge in [0.05, 0.1) is 7.11 Å². The molecule has 1 atom stereocenters. The Balaban J connectivity index is 3.16. The Morgan fingerprint density at radius 3 is 2.37 bits per heavy atom. The highest BCUT2D eigenvalue weighted by Crippen LogP contribution is 2.40. The molecule has 0 amide bonds. The van der Waals surface area contributed by atoms with E-state index in [-0.39, 0.29) is 5.41 Å². The first-order valence-corrected chi connectivity index (χ1v) is 6.84. The van der Waals surface area contributed by atoms with Gasteiger partial charge in [-0.05, 0) is 56.6 Å². The summed E-state index contributed by atoms with van der Waals surface area (Å²) in [6, 6.07) is 6.79. The van der Waals surface area contributed by atoms with Gasteiger partial charge in [0.25, 0.3) is 0 Å². The fourth-order valence-corrected chi connectivity index (χ4v) is 3.03. The molecule has 0 fully saturated rings. The minimum Gasteiger partial charge on any atom is -0.496 e. The second kappa shape index (κ2) is 6.40. The fourth-order valence-electron chi connectivity index (χ4n) is 3.03. The van der Waals surface area contributed by atoms with E-state index >= 15 is 0 Å². The molecule has 3 nitrogen and oxygen atoms in total.